The van der Waals surface area contributed by atoms with Crippen LogP contribution in [0.3, 0.4) is 0 Å². The number of Topliss-reactive ketones (excluding diaryl/α,β-unsaturated/α-hetero) is 1. The van der Waals surface area contributed by atoms with Gasteiger partial charge in [0, 0.05) is 30.4 Å². The summed E-state index contributed by atoms with van der Waals surface area (Å²) in [4.78, 5) is 39.3. The zero-order valence-electron chi connectivity index (χ0n) is 14.9. The first-order valence-corrected chi connectivity index (χ1v) is 7.85. The Bertz CT molecular complexity index is 726. The van der Waals surface area contributed by atoms with Gasteiger partial charge in [-0.1, -0.05) is 0 Å². The molecule has 0 N–H and O–H groups in total. The van der Waals surface area contributed by atoms with Crippen LogP contribution in [0.15, 0.2) is 23.8 Å². The summed E-state index contributed by atoms with van der Waals surface area (Å²) in [5, 5.41) is 0. The fraction of sp³-hybridized carbons (Fsp3) is 0.389. The third-order valence-electron chi connectivity index (χ3n) is 4.02. The van der Waals surface area contributed by atoms with Gasteiger partial charge in [-0.05, 0) is 32.2 Å². The average Bonchev–Trinajstić information content (AvgIpc) is 2.58. The highest BCUT2D eigenvalue weighted by Gasteiger charge is 2.24. The largest absolute Gasteiger partial charge is 0.496 e. The third kappa shape index (κ3) is 4.24. The van der Waals surface area contributed by atoms with Crippen molar-refractivity contribution in [3.8, 4) is 5.75 Å². The van der Waals surface area contributed by atoms with Gasteiger partial charge in [0.15, 0.2) is 5.78 Å². The van der Waals surface area contributed by atoms with Gasteiger partial charge in [-0.25, -0.2) is 4.79 Å². The zero-order valence-corrected chi connectivity index (χ0v) is 14.9. The first-order chi connectivity index (χ1) is 11.9. The fourth-order valence-corrected chi connectivity index (χ4v) is 2.62. The van der Waals surface area contributed by atoms with Gasteiger partial charge in [0.25, 0.3) is 0 Å². The molecule has 0 aromatic heterocycles. The summed E-state index contributed by atoms with van der Waals surface area (Å²) in [6.07, 6.45) is 1.43. The lowest BCUT2D eigenvalue weighted by atomic mass is 10.1. The lowest BCUT2D eigenvalue weighted by Crippen LogP contribution is -2.48. The monoisotopic (exact) mass is 346 g/mol. The minimum absolute atomic E-state index is 0.0121. The van der Waals surface area contributed by atoms with Crippen molar-refractivity contribution < 1.29 is 23.9 Å². The Hall–Kier alpha value is -2.67. The third-order valence-corrected chi connectivity index (χ3v) is 4.02. The van der Waals surface area contributed by atoms with Crippen LogP contribution in [0.25, 0.3) is 6.08 Å². The molecule has 1 saturated heterocycles. The highest BCUT2D eigenvalue weighted by molar-refractivity contribution is 6.19. The van der Waals surface area contributed by atoms with Crippen LogP contribution >= 0.6 is 0 Å². The van der Waals surface area contributed by atoms with Crippen molar-refractivity contribution in [3.05, 3.63) is 29.3 Å². The number of amides is 1. The first kappa shape index (κ1) is 18.7. The van der Waals surface area contributed by atoms with Gasteiger partial charge < -0.3 is 14.4 Å². The number of ether oxygens (including phenoxy) is 2. The maximum absolute atomic E-state index is 12.2. The molecule has 0 aliphatic carbocycles. The number of carbonyl (C=O) groups is 3. The number of ketones is 1. The number of likely N-dealkylation sites (N-methyl/N-ethyl adjacent to an activating group) is 1. The summed E-state index contributed by atoms with van der Waals surface area (Å²) in [5.41, 5.74) is 1.21. The van der Waals surface area contributed by atoms with Gasteiger partial charge in [0.1, 0.15) is 11.3 Å². The molecule has 1 heterocycles. The Kier molecular flexibility index (Phi) is 5.93. The predicted octanol–water partition coefficient (Wildman–Crippen LogP) is 1.12. The van der Waals surface area contributed by atoms with E-state index in [9.17, 15) is 14.4 Å². The lowest BCUT2D eigenvalue weighted by Gasteiger charge is -2.32. The highest BCUT2D eigenvalue weighted by Crippen LogP contribution is 2.28. The molecule has 0 spiro atoms. The topological polar surface area (TPSA) is 76.2 Å². The molecule has 0 radical (unpaired) electrons. The van der Waals surface area contributed by atoms with E-state index in [-0.39, 0.29) is 11.5 Å². The smallest absolute Gasteiger partial charge is 0.341 e. The standard InChI is InChI=1S/C18H22N2O5/c1-12(21)15(18(23)25-4)9-13-5-6-14(10-16(13)24-3)20-8-7-19(2)11-17(20)22/h5-6,9-10H,7-8,11H2,1-4H3/b15-9-. The maximum Gasteiger partial charge on any atom is 0.341 e. The van der Waals surface area contributed by atoms with Crippen LogP contribution in [0.4, 0.5) is 5.69 Å². The van der Waals surface area contributed by atoms with Crippen LogP contribution in [-0.4, -0.2) is 63.5 Å². The van der Waals surface area contributed by atoms with Gasteiger partial charge in [-0.3, -0.25) is 14.5 Å². The minimum atomic E-state index is -0.701. The highest BCUT2D eigenvalue weighted by atomic mass is 16.5. The second kappa shape index (κ2) is 7.94. The molecule has 0 atom stereocenters. The van der Waals surface area contributed by atoms with Crippen molar-refractivity contribution in [2.75, 3.05) is 45.8 Å². The van der Waals surface area contributed by atoms with Gasteiger partial charge >= 0.3 is 5.97 Å². The number of anilines is 1. The van der Waals surface area contributed by atoms with E-state index in [1.807, 2.05) is 11.9 Å². The SMILES string of the molecule is COC(=O)/C(=C\c1ccc(N2CCN(C)CC2=O)cc1OC)C(C)=O. The molecule has 0 bridgehead atoms. The Morgan fingerprint density at radius 2 is 1.92 bits per heavy atom. The fourth-order valence-electron chi connectivity index (χ4n) is 2.62. The van der Waals surface area contributed by atoms with E-state index >= 15 is 0 Å². The van der Waals surface area contributed by atoms with Crippen molar-refractivity contribution in [3.63, 3.8) is 0 Å². The van der Waals surface area contributed by atoms with Crippen molar-refractivity contribution in [1.29, 1.82) is 0 Å². The number of hydrogen-bond donors (Lipinski definition) is 0. The van der Waals surface area contributed by atoms with Crippen LogP contribution in [-0.2, 0) is 19.1 Å². The lowest BCUT2D eigenvalue weighted by molar-refractivity contribution is -0.137. The number of esters is 1. The number of piperazine rings is 1. The maximum atomic E-state index is 12.2. The zero-order chi connectivity index (χ0) is 18.6. The molecule has 1 amide bonds. The molecule has 1 aliphatic heterocycles. The second-order valence-electron chi connectivity index (χ2n) is 5.82. The molecule has 1 aliphatic rings. The molecule has 0 unspecified atom stereocenters. The molecule has 7 nitrogen and oxygen atoms in total. The Morgan fingerprint density at radius 3 is 2.48 bits per heavy atom. The summed E-state index contributed by atoms with van der Waals surface area (Å²) in [5.74, 6) is -0.620. The van der Waals surface area contributed by atoms with E-state index in [1.54, 1.807) is 23.1 Å². The first-order valence-electron chi connectivity index (χ1n) is 7.85. The molecule has 1 fully saturated rings. The Balaban J connectivity index is 2.38. The molecular weight excluding hydrogens is 324 g/mol. The van der Waals surface area contributed by atoms with E-state index in [1.165, 1.54) is 27.2 Å². The molecule has 25 heavy (non-hydrogen) atoms. The van der Waals surface area contributed by atoms with Crippen LogP contribution in [0.5, 0.6) is 5.75 Å². The predicted molar refractivity (Wildman–Crippen MR) is 93.5 cm³/mol. The molecular formula is C18H22N2O5. The average molecular weight is 346 g/mol. The van der Waals surface area contributed by atoms with Crippen LogP contribution in [0, 0.1) is 0 Å². The summed E-state index contributed by atoms with van der Waals surface area (Å²) in [7, 11) is 4.62. The van der Waals surface area contributed by atoms with Crippen molar-refractivity contribution >= 4 is 29.4 Å². The van der Waals surface area contributed by atoms with Crippen LogP contribution in [0.1, 0.15) is 12.5 Å². The van der Waals surface area contributed by atoms with Crippen LogP contribution in [0.2, 0.25) is 0 Å². The molecule has 134 valence electrons. The number of methoxy groups -OCH3 is 2. The summed E-state index contributed by atoms with van der Waals surface area (Å²) < 4.78 is 10.0. The van der Waals surface area contributed by atoms with Crippen molar-refractivity contribution in [2.24, 2.45) is 0 Å². The molecule has 1 aromatic carbocycles. The van der Waals surface area contributed by atoms with E-state index < -0.39 is 11.8 Å². The quantitative estimate of drug-likeness (QED) is 0.344. The van der Waals surface area contributed by atoms with E-state index in [4.69, 9.17) is 4.74 Å². The van der Waals surface area contributed by atoms with Gasteiger partial charge in [0.05, 0.1) is 20.8 Å². The van der Waals surface area contributed by atoms with Gasteiger partial charge in [-0.2, -0.15) is 0 Å². The second-order valence-corrected chi connectivity index (χ2v) is 5.82. The van der Waals surface area contributed by atoms with Gasteiger partial charge in [-0.15, -0.1) is 0 Å². The number of benzene rings is 1. The molecule has 0 saturated carbocycles. The molecule has 1 aromatic rings. The Morgan fingerprint density at radius 1 is 1.20 bits per heavy atom. The summed E-state index contributed by atoms with van der Waals surface area (Å²) >= 11 is 0. The van der Waals surface area contributed by atoms with Crippen LogP contribution < -0.4 is 9.64 Å². The van der Waals surface area contributed by atoms with E-state index in [2.05, 4.69) is 4.74 Å². The molecule has 7 heteroatoms. The Labute approximate surface area is 146 Å². The van der Waals surface area contributed by atoms with E-state index in [0.717, 1.165) is 12.2 Å². The summed E-state index contributed by atoms with van der Waals surface area (Å²) in [6.45, 7) is 3.04. The minimum Gasteiger partial charge on any atom is -0.496 e. The number of nitrogens with zero attached hydrogens (tertiary/aromatic N) is 2. The van der Waals surface area contributed by atoms with Crippen molar-refractivity contribution in [2.45, 2.75) is 6.92 Å². The van der Waals surface area contributed by atoms with E-state index in [0.29, 0.717) is 24.4 Å². The van der Waals surface area contributed by atoms with Crippen molar-refractivity contribution in [1.82, 2.24) is 4.90 Å². The van der Waals surface area contributed by atoms with Gasteiger partial charge in [0.2, 0.25) is 5.91 Å². The number of carbonyl (C=O) groups excluding carboxylic acids is 3. The molecule has 2 rings (SSSR count). The normalized spacial score (nSPS) is 15.9. The summed E-state index contributed by atoms with van der Waals surface area (Å²) in [6, 6.07) is 5.21. The number of rotatable bonds is 5. The number of hydrogen-bond acceptors (Lipinski definition) is 6.